The maximum atomic E-state index is 11.9. The first-order valence-corrected chi connectivity index (χ1v) is 10.7. The van der Waals surface area contributed by atoms with Crippen LogP contribution in [0.4, 0.5) is 13.2 Å². The van der Waals surface area contributed by atoms with Crippen LogP contribution in [-0.2, 0) is 19.6 Å². The van der Waals surface area contributed by atoms with E-state index in [1.54, 1.807) is 10.5 Å². The highest BCUT2D eigenvalue weighted by atomic mass is 32.2. The van der Waals surface area contributed by atoms with Gasteiger partial charge < -0.3 is 14.6 Å². The molecule has 164 valence electrons. The summed E-state index contributed by atoms with van der Waals surface area (Å²) < 4.78 is 68.9. The van der Waals surface area contributed by atoms with Crippen LogP contribution in [0.1, 0.15) is 19.3 Å². The Balaban J connectivity index is 0.000000370. The predicted octanol–water partition coefficient (Wildman–Crippen LogP) is 1.92. The molecule has 2 aliphatic rings. The van der Waals surface area contributed by atoms with Crippen LogP contribution in [0.5, 0.6) is 5.88 Å². The van der Waals surface area contributed by atoms with Crippen LogP contribution in [0, 0.1) is 5.41 Å². The van der Waals surface area contributed by atoms with Crippen molar-refractivity contribution in [3.63, 3.8) is 0 Å². The van der Waals surface area contributed by atoms with Crippen LogP contribution in [-0.4, -0.2) is 73.6 Å². The second-order valence-corrected chi connectivity index (χ2v) is 8.95. The number of carbonyl (C=O) groups is 1. The Morgan fingerprint density at radius 3 is 2.69 bits per heavy atom. The van der Waals surface area contributed by atoms with Crippen molar-refractivity contribution in [2.75, 3.05) is 32.6 Å². The average Bonchev–Trinajstić information content (AvgIpc) is 2.66. The topological polar surface area (TPSA) is 106 Å². The monoisotopic (exact) mass is 440 g/mol. The third-order valence-corrected chi connectivity index (χ3v) is 6.06. The molecule has 1 N–H and O–H groups in total. The molecule has 0 aromatic carbocycles. The predicted molar refractivity (Wildman–Crippen MR) is 95.9 cm³/mol. The van der Waals surface area contributed by atoms with Gasteiger partial charge in [-0.25, -0.2) is 22.5 Å². The van der Waals surface area contributed by atoms with Crippen molar-refractivity contribution in [2.45, 2.75) is 31.5 Å². The number of aromatic nitrogens is 1. The number of aliphatic carboxylic acids is 1. The molecule has 1 aromatic rings. The number of hydrogen-bond acceptors (Lipinski definition) is 6. The zero-order valence-corrected chi connectivity index (χ0v) is 16.6. The standard InChI is InChI=1S/C15H22N2O4S.C2HF3O2/c1-22(18,19)17-9-6-13-15(11-17,7-4-10-20-13)12-21-14-5-2-3-8-16-14;3-2(4,5)1(6)7/h2-3,5,8,13H,4,6-7,9-12H2,1H3;(H,6,7). The molecule has 2 atom stereocenters. The van der Waals surface area contributed by atoms with Crippen LogP contribution >= 0.6 is 0 Å². The second-order valence-electron chi connectivity index (χ2n) is 6.97. The largest absolute Gasteiger partial charge is 0.490 e. The summed E-state index contributed by atoms with van der Waals surface area (Å²) in [4.78, 5) is 13.1. The Hall–Kier alpha value is -1.92. The molecular formula is C17H23F3N2O6S. The highest BCUT2D eigenvalue weighted by molar-refractivity contribution is 7.88. The molecule has 0 amide bonds. The number of rotatable bonds is 4. The third kappa shape index (κ3) is 6.54. The van der Waals surface area contributed by atoms with Gasteiger partial charge in [0.25, 0.3) is 0 Å². The molecule has 0 spiro atoms. The lowest BCUT2D eigenvalue weighted by Gasteiger charge is -2.49. The van der Waals surface area contributed by atoms with E-state index in [9.17, 15) is 21.6 Å². The first-order valence-electron chi connectivity index (χ1n) is 8.85. The first kappa shape index (κ1) is 23.4. The molecule has 2 aliphatic heterocycles. The van der Waals surface area contributed by atoms with E-state index in [0.29, 0.717) is 25.6 Å². The van der Waals surface area contributed by atoms with E-state index >= 15 is 0 Å². The number of sulfonamides is 1. The van der Waals surface area contributed by atoms with Gasteiger partial charge in [-0.3, -0.25) is 0 Å². The molecule has 1 aromatic heterocycles. The zero-order valence-electron chi connectivity index (χ0n) is 15.8. The van der Waals surface area contributed by atoms with Crippen LogP contribution in [0.25, 0.3) is 0 Å². The van der Waals surface area contributed by atoms with E-state index in [1.165, 1.54) is 6.26 Å². The van der Waals surface area contributed by atoms with Gasteiger partial charge in [0.2, 0.25) is 15.9 Å². The van der Waals surface area contributed by atoms with Crippen molar-refractivity contribution in [3.05, 3.63) is 24.4 Å². The molecule has 0 aliphatic carbocycles. The minimum Gasteiger partial charge on any atom is -0.477 e. The summed E-state index contributed by atoms with van der Waals surface area (Å²) in [5, 5.41) is 7.12. The maximum Gasteiger partial charge on any atom is 0.490 e. The summed E-state index contributed by atoms with van der Waals surface area (Å²) in [6.07, 6.45) is 0.494. The fraction of sp³-hybridized carbons (Fsp3) is 0.647. The molecule has 2 saturated heterocycles. The molecule has 0 bridgehead atoms. The van der Waals surface area contributed by atoms with Gasteiger partial charge in [-0.1, -0.05) is 6.07 Å². The summed E-state index contributed by atoms with van der Waals surface area (Å²) >= 11 is 0. The van der Waals surface area contributed by atoms with Crippen molar-refractivity contribution in [2.24, 2.45) is 5.41 Å². The first-order chi connectivity index (χ1) is 13.4. The molecule has 12 heteroatoms. The Bertz CT molecular complexity index is 790. The number of hydrogen-bond donors (Lipinski definition) is 1. The summed E-state index contributed by atoms with van der Waals surface area (Å²) in [7, 11) is -3.19. The number of carboxylic acid groups (broad SMARTS) is 1. The van der Waals surface area contributed by atoms with Gasteiger partial charge in [0.15, 0.2) is 0 Å². The quantitative estimate of drug-likeness (QED) is 0.763. The Labute approximate surface area is 166 Å². The van der Waals surface area contributed by atoms with E-state index in [4.69, 9.17) is 19.4 Å². The maximum absolute atomic E-state index is 11.9. The molecule has 2 fully saturated rings. The average molecular weight is 440 g/mol. The van der Waals surface area contributed by atoms with E-state index in [1.807, 2.05) is 18.2 Å². The van der Waals surface area contributed by atoms with Gasteiger partial charge in [-0.15, -0.1) is 0 Å². The van der Waals surface area contributed by atoms with E-state index in [-0.39, 0.29) is 11.5 Å². The number of carboxylic acids is 1. The fourth-order valence-electron chi connectivity index (χ4n) is 3.39. The fourth-order valence-corrected chi connectivity index (χ4v) is 4.32. The highest BCUT2D eigenvalue weighted by Gasteiger charge is 2.48. The molecule has 2 unspecified atom stereocenters. The smallest absolute Gasteiger partial charge is 0.477 e. The number of pyridine rings is 1. The minimum absolute atomic E-state index is 0.0583. The van der Waals surface area contributed by atoms with Crippen LogP contribution in [0.3, 0.4) is 0 Å². The van der Waals surface area contributed by atoms with Gasteiger partial charge in [-0.2, -0.15) is 13.2 Å². The minimum atomic E-state index is -5.08. The number of alkyl halides is 3. The van der Waals surface area contributed by atoms with Gasteiger partial charge in [-0.05, 0) is 25.3 Å². The zero-order chi connectivity index (χ0) is 21.7. The lowest BCUT2D eigenvalue weighted by molar-refractivity contribution is -0.192. The Morgan fingerprint density at radius 1 is 1.45 bits per heavy atom. The van der Waals surface area contributed by atoms with Crippen LogP contribution in [0.2, 0.25) is 0 Å². The lowest BCUT2D eigenvalue weighted by atomic mass is 9.73. The Kier molecular flexibility index (Phi) is 7.46. The molecule has 3 rings (SSSR count). The number of nitrogens with zero attached hydrogens (tertiary/aromatic N) is 2. The normalized spacial score (nSPS) is 25.3. The molecule has 3 heterocycles. The van der Waals surface area contributed by atoms with E-state index < -0.39 is 22.2 Å². The van der Waals surface area contributed by atoms with Crippen LogP contribution in [0.15, 0.2) is 24.4 Å². The van der Waals surface area contributed by atoms with Crippen LogP contribution < -0.4 is 4.74 Å². The third-order valence-electron chi connectivity index (χ3n) is 4.81. The molecule has 0 radical (unpaired) electrons. The lowest BCUT2D eigenvalue weighted by Crippen LogP contribution is -2.58. The van der Waals surface area contributed by atoms with Crippen molar-refractivity contribution < 1.29 is 41.0 Å². The Morgan fingerprint density at radius 2 is 2.14 bits per heavy atom. The van der Waals surface area contributed by atoms with Gasteiger partial charge in [0, 0.05) is 37.4 Å². The van der Waals surface area contributed by atoms with E-state index in [0.717, 1.165) is 25.9 Å². The number of halogens is 3. The van der Waals surface area contributed by atoms with E-state index in [2.05, 4.69) is 4.98 Å². The molecule has 8 nitrogen and oxygen atoms in total. The second kappa shape index (κ2) is 9.26. The van der Waals surface area contributed by atoms with Crippen molar-refractivity contribution in [3.8, 4) is 5.88 Å². The van der Waals surface area contributed by atoms with Gasteiger partial charge in [0.1, 0.15) is 0 Å². The number of fused-ring (bicyclic) bond motifs is 1. The van der Waals surface area contributed by atoms with Crippen molar-refractivity contribution in [1.29, 1.82) is 0 Å². The summed E-state index contributed by atoms with van der Waals surface area (Å²) in [6, 6.07) is 5.52. The molecular weight excluding hydrogens is 417 g/mol. The van der Waals surface area contributed by atoms with Crippen molar-refractivity contribution >= 4 is 16.0 Å². The SMILES string of the molecule is CS(=O)(=O)N1CCC2OCCCC2(COc2ccccn2)C1.O=C(O)C(F)(F)F. The summed E-state index contributed by atoms with van der Waals surface area (Å²) in [5.41, 5.74) is -0.281. The summed E-state index contributed by atoms with van der Waals surface area (Å²) in [6.45, 7) is 2.16. The van der Waals surface area contributed by atoms with Crippen molar-refractivity contribution in [1.82, 2.24) is 9.29 Å². The van der Waals surface area contributed by atoms with Gasteiger partial charge in [0.05, 0.1) is 19.0 Å². The van der Waals surface area contributed by atoms with Gasteiger partial charge >= 0.3 is 12.1 Å². The molecule has 29 heavy (non-hydrogen) atoms. The highest BCUT2D eigenvalue weighted by Crippen LogP contribution is 2.41. The molecule has 0 saturated carbocycles. The summed E-state index contributed by atoms with van der Waals surface area (Å²) in [5.74, 6) is -2.19. The number of piperidine rings is 1. The number of ether oxygens (including phenoxy) is 2.